The van der Waals surface area contributed by atoms with Crippen LogP contribution in [0.4, 0.5) is 4.39 Å². The van der Waals surface area contributed by atoms with Gasteiger partial charge in [0.15, 0.2) is 0 Å². The highest BCUT2D eigenvalue weighted by molar-refractivity contribution is 5.94. The summed E-state index contributed by atoms with van der Waals surface area (Å²) in [6.07, 6.45) is 2.00. The predicted molar refractivity (Wildman–Crippen MR) is 97.3 cm³/mol. The maximum Gasteiger partial charge on any atom is 0.254 e. The summed E-state index contributed by atoms with van der Waals surface area (Å²) in [5.41, 5.74) is 2.39. The summed E-state index contributed by atoms with van der Waals surface area (Å²) in [5.74, 6) is -0.371. The Morgan fingerprint density at radius 1 is 1.23 bits per heavy atom. The number of hydrogen-bond donors (Lipinski definition) is 0. The molecule has 3 rings (SSSR count). The molecular formula is C21H24FNO3. The third kappa shape index (κ3) is 4.90. The molecule has 1 amide bonds. The lowest BCUT2D eigenvalue weighted by Crippen LogP contribution is -2.37. The van der Waals surface area contributed by atoms with Crippen molar-refractivity contribution in [3.8, 4) is 0 Å². The quantitative estimate of drug-likeness (QED) is 0.757. The average Bonchev–Trinajstić information content (AvgIpc) is 3.15. The lowest BCUT2D eigenvalue weighted by molar-refractivity contribution is 0.0507. The minimum Gasteiger partial charge on any atom is -0.380 e. The lowest BCUT2D eigenvalue weighted by Gasteiger charge is -2.26. The van der Waals surface area contributed by atoms with Crippen LogP contribution in [0.25, 0.3) is 0 Å². The first kappa shape index (κ1) is 18.5. The summed E-state index contributed by atoms with van der Waals surface area (Å²) in [6.45, 7) is 2.11. The third-order valence-electron chi connectivity index (χ3n) is 4.51. The number of carbonyl (C=O) groups is 1. The van der Waals surface area contributed by atoms with Crippen molar-refractivity contribution in [1.82, 2.24) is 4.90 Å². The summed E-state index contributed by atoms with van der Waals surface area (Å²) < 4.78 is 24.3. The highest BCUT2D eigenvalue weighted by Crippen LogP contribution is 2.18. The Labute approximate surface area is 153 Å². The van der Waals surface area contributed by atoms with Gasteiger partial charge in [0, 0.05) is 32.4 Å². The van der Waals surface area contributed by atoms with Gasteiger partial charge >= 0.3 is 0 Å². The Morgan fingerprint density at radius 3 is 2.69 bits per heavy atom. The number of hydrogen-bond acceptors (Lipinski definition) is 3. The van der Waals surface area contributed by atoms with Gasteiger partial charge in [0.2, 0.25) is 0 Å². The molecule has 5 heteroatoms. The summed E-state index contributed by atoms with van der Waals surface area (Å²) in [7, 11) is 1.64. The number of amides is 1. The first-order valence-corrected chi connectivity index (χ1v) is 8.89. The van der Waals surface area contributed by atoms with E-state index >= 15 is 0 Å². The molecular weight excluding hydrogens is 333 g/mol. The van der Waals surface area contributed by atoms with E-state index in [1.54, 1.807) is 18.1 Å². The van der Waals surface area contributed by atoms with E-state index < -0.39 is 0 Å². The van der Waals surface area contributed by atoms with E-state index in [2.05, 4.69) is 0 Å². The number of methoxy groups -OCH3 is 1. The van der Waals surface area contributed by atoms with Crippen LogP contribution in [0.1, 0.15) is 34.3 Å². The molecule has 1 saturated heterocycles. The topological polar surface area (TPSA) is 38.8 Å². The molecule has 1 aliphatic rings. The standard InChI is InChI=1S/C21H24FNO3/c1-25-15-16-7-9-18(10-8-16)21(24)23(14-20-6-3-11-26-20)13-17-4-2-5-19(22)12-17/h2,4-5,7-10,12,20H,3,6,11,13-15H2,1H3. The number of halogens is 1. The molecule has 4 nitrogen and oxygen atoms in total. The minimum atomic E-state index is -0.295. The fourth-order valence-corrected chi connectivity index (χ4v) is 3.20. The van der Waals surface area contributed by atoms with Crippen molar-refractivity contribution in [2.75, 3.05) is 20.3 Å². The van der Waals surface area contributed by atoms with Gasteiger partial charge in [-0.05, 0) is 48.2 Å². The van der Waals surface area contributed by atoms with E-state index in [-0.39, 0.29) is 17.8 Å². The molecule has 138 valence electrons. The van der Waals surface area contributed by atoms with E-state index in [1.807, 2.05) is 30.3 Å². The van der Waals surface area contributed by atoms with E-state index in [0.29, 0.717) is 25.3 Å². The molecule has 0 bridgehead atoms. The third-order valence-corrected chi connectivity index (χ3v) is 4.51. The molecule has 0 saturated carbocycles. The molecule has 1 unspecified atom stereocenters. The van der Waals surface area contributed by atoms with Crippen molar-refractivity contribution >= 4 is 5.91 Å². The monoisotopic (exact) mass is 357 g/mol. The van der Waals surface area contributed by atoms with E-state index in [0.717, 1.165) is 30.6 Å². The van der Waals surface area contributed by atoms with Gasteiger partial charge in [-0.3, -0.25) is 4.79 Å². The first-order valence-electron chi connectivity index (χ1n) is 8.89. The van der Waals surface area contributed by atoms with Crippen LogP contribution in [0.3, 0.4) is 0 Å². The van der Waals surface area contributed by atoms with Crippen molar-refractivity contribution < 1.29 is 18.7 Å². The summed E-state index contributed by atoms with van der Waals surface area (Å²) in [6, 6.07) is 13.8. The maximum atomic E-state index is 13.5. The Morgan fingerprint density at radius 2 is 2.04 bits per heavy atom. The van der Waals surface area contributed by atoms with Crippen LogP contribution in [0.2, 0.25) is 0 Å². The van der Waals surface area contributed by atoms with Gasteiger partial charge in [0.25, 0.3) is 5.91 Å². The Hall–Kier alpha value is -2.24. The Kier molecular flexibility index (Phi) is 6.36. The van der Waals surface area contributed by atoms with E-state index in [9.17, 15) is 9.18 Å². The number of ether oxygens (including phenoxy) is 2. The van der Waals surface area contributed by atoms with Gasteiger partial charge in [-0.1, -0.05) is 24.3 Å². The average molecular weight is 357 g/mol. The second-order valence-electron chi connectivity index (χ2n) is 6.58. The summed E-state index contributed by atoms with van der Waals surface area (Å²) in [5, 5.41) is 0. The van der Waals surface area contributed by atoms with Crippen molar-refractivity contribution in [2.24, 2.45) is 0 Å². The molecule has 26 heavy (non-hydrogen) atoms. The highest BCUT2D eigenvalue weighted by atomic mass is 19.1. The van der Waals surface area contributed by atoms with Crippen molar-refractivity contribution in [2.45, 2.75) is 32.1 Å². The van der Waals surface area contributed by atoms with Crippen molar-refractivity contribution in [1.29, 1.82) is 0 Å². The van der Waals surface area contributed by atoms with Crippen LogP contribution in [-0.2, 0) is 22.6 Å². The van der Waals surface area contributed by atoms with Crippen LogP contribution in [0.15, 0.2) is 48.5 Å². The van der Waals surface area contributed by atoms with Gasteiger partial charge in [-0.2, -0.15) is 0 Å². The van der Waals surface area contributed by atoms with Crippen molar-refractivity contribution in [3.63, 3.8) is 0 Å². The van der Waals surface area contributed by atoms with Gasteiger partial charge < -0.3 is 14.4 Å². The molecule has 1 heterocycles. The normalized spacial score (nSPS) is 16.6. The van der Waals surface area contributed by atoms with Crippen LogP contribution < -0.4 is 0 Å². The lowest BCUT2D eigenvalue weighted by atomic mass is 10.1. The number of rotatable bonds is 7. The fraction of sp³-hybridized carbons (Fsp3) is 0.381. The summed E-state index contributed by atoms with van der Waals surface area (Å²) in [4.78, 5) is 14.8. The minimum absolute atomic E-state index is 0.0419. The highest BCUT2D eigenvalue weighted by Gasteiger charge is 2.23. The molecule has 0 aliphatic carbocycles. The second-order valence-corrected chi connectivity index (χ2v) is 6.58. The molecule has 1 fully saturated rings. The molecule has 2 aromatic carbocycles. The van der Waals surface area contributed by atoms with Crippen LogP contribution in [-0.4, -0.2) is 37.2 Å². The largest absolute Gasteiger partial charge is 0.380 e. The van der Waals surface area contributed by atoms with Gasteiger partial charge in [0.1, 0.15) is 5.82 Å². The molecule has 0 radical (unpaired) electrons. The predicted octanol–water partition coefficient (Wildman–Crippen LogP) is 3.79. The first-order chi connectivity index (χ1) is 12.7. The van der Waals surface area contributed by atoms with Crippen LogP contribution in [0.5, 0.6) is 0 Å². The zero-order valence-corrected chi connectivity index (χ0v) is 15.0. The second kappa shape index (κ2) is 8.92. The SMILES string of the molecule is COCc1ccc(C(=O)N(Cc2cccc(F)c2)CC2CCCO2)cc1. The Bertz CT molecular complexity index is 726. The maximum absolute atomic E-state index is 13.5. The van der Waals surface area contributed by atoms with Gasteiger partial charge in [0.05, 0.1) is 12.7 Å². The molecule has 2 aromatic rings. The Balaban J connectivity index is 1.77. The molecule has 0 N–H and O–H groups in total. The fourth-order valence-electron chi connectivity index (χ4n) is 3.20. The van der Waals surface area contributed by atoms with E-state index in [4.69, 9.17) is 9.47 Å². The summed E-state index contributed by atoms with van der Waals surface area (Å²) >= 11 is 0. The zero-order valence-electron chi connectivity index (χ0n) is 15.0. The van der Waals surface area contributed by atoms with Crippen LogP contribution >= 0.6 is 0 Å². The zero-order chi connectivity index (χ0) is 18.4. The van der Waals surface area contributed by atoms with E-state index in [1.165, 1.54) is 12.1 Å². The molecule has 1 atom stereocenters. The smallest absolute Gasteiger partial charge is 0.254 e. The molecule has 1 aliphatic heterocycles. The van der Waals surface area contributed by atoms with Crippen molar-refractivity contribution in [3.05, 3.63) is 71.0 Å². The van der Waals surface area contributed by atoms with Gasteiger partial charge in [-0.15, -0.1) is 0 Å². The number of carbonyl (C=O) groups excluding carboxylic acids is 1. The van der Waals surface area contributed by atoms with Gasteiger partial charge in [-0.25, -0.2) is 4.39 Å². The number of benzene rings is 2. The molecule has 0 spiro atoms. The molecule has 0 aromatic heterocycles. The van der Waals surface area contributed by atoms with Crippen LogP contribution in [0, 0.1) is 5.82 Å². The number of nitrogens with zero attached hydrogens (tertiary/aromatic N) is 1.